The number of aryl methyl sites for hydroxylation is 1. The molecule has 0 amide bonds. The average molecular weight is 304 g/mol. The van der Waals surface area contributed by atoms with E-state index in [0.29, 0.717) is 11.0 Å². The third-order valence-corrected chi connectivity index (χ3v) is 3.30. The molecule has 0 spiro atoms. The number of halogens is 1. The third kappa shape index (κ3) is 4.57. The molecule has 0 atom stereocenters. The van der Waals surface area contributed by atoms with Gasteiger partial charge in [0.1, 0.15) is 4.47 Å². The number of ether oxygens (including phenoxy) is 1. The van der Waals surface area contributed by atoms with Gasteiger partial charge in [-0.15, -0.1) is 0 Å². The van der Waals surface area contributed by atoms with Crippen LogP contribution in [0.1, 0.15) is 12.1 Å². The van der Waals surface area contributed by atoms with Gasteiger partial charge in [-0.1, -0.05) is 0 Å². The summed E-state index contributed by atoms with van der Waals surface area (Å²) in [6, 6.07) is 0. The fourth-order valence-corrected chi connectivity index (χ4v) is 1.70. The number of rotatable bonds is 7. The van der Waals surface area contributed by atoms with Gasteiger partial charge < -0.3 is 10.1 Å². The van der Waals surface area contributed by atoms with Gasteiger partial charge >= 0.3 is 0 Å². The lowest BCUT2D eigenvalue weighted by molar-refractivity contribution is 0.194. The van der Waals surface area contributed by atoms with E-state index in [-0.39, 0.29) is 5.56 Å². The van der Waals surface area contributed by atoms with Gasteiger partial charge in [0, 0.05) is 26.8 Å². The minimum absolute atomic E-state index is 0.0313. The first-order valence-electron chi connectivity index (χ1n) is 5.58. The summed E-state index contributed by atoms with van der Waals surface area (Å²) in [6.45, 7) is 4.82. The SMILES string of the molecule is COCCCNCCn1cnc(C)c(Br)c1=O. The summed E-state index contributed by atoms with van der Waals surface area (Å²) in [5, 5.41) is 3.25. The quantitative estimate of drug-likeness (QED) is 0.762. The molecule has 1 aromatic rings. The minimum Gasteiger partial charge on any atom is -0.385 e. The van der Waals surface area contributed by atoms with Gasteiger partial charge in [-0.05, 0) is 35.8 Å². The molecule has 1 rings (SSSR count). The molecule has 0 aliphatic carbocycles. The summed E-state index contributed by atoms with van der Waals surface area (Å²) in [4.78, 5) is 15.9. The van der Waals surface area contributed by atoms with Crippen LogP contribution in [0, 0.1) is 6.92 Å². The Labute approximate surface area is 109 Å². The van der Waals surface area contributed by atoms with Gasteiger partial charge in [0.25, 0.3) is 5.56 Å². The van der Waals surface area contributed by atoms with E-state index in [4.69, 9.17) is 4.74 Å². The van der Waals surface area contributed by atoms with Crippen molar-refractivity contribution in [3.05, 3.63) is 26.8 Å². The maximum Gasteiger partial charge on any atom is 0.267 e. The molecule has 0 fully saturated rings. The second-order valence-corrected chi connectivity index (χ2v) is 4.53. The van der Waals surface area contributed by atoms with Gasteiger partial charge in [0.15, 0.2) is 0 Å². The number of aromatic nitrogens is 2. The summed E-state index contributed by atoms with van der Waals surface area (Å²) in [5.74, 6) is 0. The van der Waals surface area contributed by atoms with E-state index in [1.165, 1.54) is 0 Å². The van der Waals surface area contributed by atoms with E-state index in [2.05, 4.69) is 26.2 Å². The van der Waals surface area contributed by atoms with Gasteiger partial charge in [-0.3, -0.25) is 9.36 Å². The summed E-state index contributed by atoms with van der Waals surface area (Å²) in [7, 11) is 1.69. The lowest BCUT2D eigenvalue weighted by Crippen LogP contribution is -2.28. The van der Waals surface area contributed by atoms with E-state index in [9.17, 15) is 4.79 Å². The topological polar surface area (TPSA) is 56.1 Å². The van der Waals surface area contributed by atoms with E-state index in [1.807, 2.05) is 0 Å². The fraction of sp³-hybridized carbons (Fsp3) is 0.636. The van der Waals surface area contributed by atoms with Gasteiger partial charge in [0.2, 0.25) is 0 Å². The molecule has 1 aromatic heterocycles. The van der Waals surface area contributed by atoms with Crippen molar-refractivity contribution >= 4 is 15.9 Å². The average Bonchev–Trinajstić information content (AvgIpc) is 2.33. The molecule has 5 nitrogen and oxygen atoms in total. The second kappa shape index (κ2) is 7.58. The molecule has 1 N–H and O–H groups in total. The van der Waals surface area contributed by atoms with Gasteiger partial charge in [-0.2, -0.15) is 0 Å². The van der Waals surface area contributed by atoms with Crippen molar-refractivity contribution in [2.45, 2.75) is 19.9 Å². The van der Waals surface area contributed by atoms with Crippen molar-refractivity contribution in [1.82, 2.24) is 14.9 Å². The van der Waals surface area contributed by atoms with Crippen LogP contribution in [-0.4, -0.2) is 36.4 Å². The van der Waals surface area contributed by atoms with Crippen LogP contribution in [0.15, 0.2) is 15.6 Å². The molecule has 0 aliphatic rings. The number of methoxy groups -OCH3 is 1. The van der Waals surface area contributed by atoms with Crippen LogP contribution in [0.2, 0.25) is 0 Å². The molecule has 6 heteroatoms. The molecular weight excluding hydrogens is 286 g/mol. The number of hydrogen-bond acceptors (Lipinski definition) is 4. The highest BCUT2D eigenvalue weighted by Gasteiger charge is 2.04. The predicted molar refractivity (Wildman–Crippen MR) is 70.3 cm³/mol. The lowest BCUT2D eigenvalue weighted by atomic mass is 10.4. The molecule has 0 saturated heterocycles. The first-order chi connectivity index (χ1) is 8.16. The molecule has 96 valence electrons. The molecule has 0 aromatic carbocycles. The highest BCUT2D eigenvalue weighted by atomic mass is 79.9. The first kappa shape index (κ1) is 14.3. The van der Waals surface area contributed by atoms with Crippen LogP contribution in [0.25, 0.3) is 0 Å². The Balaban J connectivity index is 2.37. The second-order valence-electron chi connectivity index (χ2n) is 3.74. The Bertz CT molecular complexity index is 406. The van der Waals surface area contributed by atoms with E-state index >= 15 is 0 Å². The highest BCUT2D eigenvalue weighted by Crippen LogP contribution is 2.05. The fourth-order valence-electron chi connectivity index (χ4n) is 1.37. The molecule has 17 heavy (non-hydrogen) atoms. The molecule has 0 radical (unpaired) electrons. The van der Waals surface area contributed by atoms with E-state index in [1.54, 1.807) is 24.9 Å². The zero-order valence-corrected chi connectivity index (χ0v) is 11.8. The van der Waals surface area contributed by atoms with Crippen molar-refractivity contribution in [3.63, 3.8) is 0 Å². The molecule has 0 saturated carbocycles. The molecule has 0 aliphatic heterocycles. The van der Waals surface area contributed by atoms with Crippen LogP contribution in [0.3, 0.4) is 0 Å². The molecular formula is C11H18BrN3O2. The van der Waals surface area contributed by atoms with Crippen LogP contribution in [0.5, 0.6) is 0 Å². The largest absolute Gasteiger partial charge is 0.385 e. The van der Waals surface area contributed by atoms with E-state index < -0.39 is 0 Å². The normalized spacial score (nSPS) is 10.8. The molecule has 0 bridgehead atoms. The van der Waals surface area contributed by atoms with Gasteiger partial charge in [0.05, 0.1) is 12.0 Å². The Morgan fingerprint density at radius 2 is 2.29 bits per heavy atom. The van der Waals surface area contributed by atoms with Crippen molar-refractivity contribution in [2.24, 2.45) is 0 Å². The molecule has 0 unspecified atom stereocenters. The number of hydrogen-bond donors (Lipinski definition) is 1. The Morgan fingerprint density at radius 3 is 3.00 bits per heavy atom. The standard InChI is InChI=1S/C11H18BrN3O2/c1-9-10(12)11(16)15(8-14-9)6-5-13-4-3-7-17-2/h8,13H,3-7H2,1-2H3. The van der Waals surface area contributed by atoms with E-state index in [0.717, 1.165) is 31.8 Å². The van der Waals surface area contributed by atoms with Crippen LogP contribution >= 0.6 is 15.9 Å². The van der Waals surface area contributed by atoms with Gasteiger partial charge in [-0.25, -0.2) is 4.98 Å². The minimum atomic E-state index is -0.0313. The van der Waals surface area contributed by atoms with Crippen LogP contribution in [-0.2, 0) is 11.3 Å². The monoisotopic (exact) mass is 303 g/mol. The Hall–Kier alpha value is -0.720. The summed E-state index contributed by atoms with van der Waals surface area (Å²) < 4.78 is 7.08. The zero-order chi connectivity index (χ0) is 12.7. The molecule has 1 heterocycles. The lowest BCUT2D eigenvalue weighted by Gasteiger charge is -2.08. The van der Waals surface area contributed by atoms with Crippen molar-refractivity contribution < 1.29 is 4.74 Å². The summed E-state index contributed by atoms with van der Waals surface area (Å²) >= 11 is 3.24. The third-order valence-electron chi connectivity index (χ3n) is 2.39. The Morgan fingerprint density at radius 1 is 1.53 bits per heavy atom. The van der Waals surface area contributed by atoms with Crippen molar-refractivity contribution in [1.29, 1.82) is 0 Å². The Kier molecular flexibility index (Phi) is 6.39. The number of nitrogens with one attached hydrogen (secondary N) is 1. The van der Waals surface area contributed by atoms with Crippen LogP contribution < -0.4 is 10.9 Å². The maximum absolute atomic E-state index is 11.8. The van der Waals surface area contributed by atoms with Crippen LogP contribution in [0.4, 0.5) is 0 Å². The highest BCUT2D eigenvalue weighted by molar-refractivity contribution is 9.10. The maximum atomic E-state index is 11.8. The van der Waals surface area contributed by atoms with Crippen molar-refractivity contribution in [2.75, 3.05) is 26.8 Å². The number of nitrogens with zero attached hydrogens (tertiary/aromatic N) is 2. The zero-order valence-electron chi connectivity index (χ0n) is 10.2. The smallest absolute Gasteiger partial charge is 0.267 e. The van der Waals surface area contributed by atoms with Crippen molar-refractivity contribution in [3.8, 4) is 0 Å². The first-order valence-corrected chi connectivity index (χ1v) is 6.37. The summed E-state index contributed by atoms with van der Waals surface area (Å²) in [5.41, 5.74) is 0.690. The predicted octanol–water partition coefficient (Wildman–Crippen LogP) is 0.940. The summed E-state index contributed by atoms with van der Waals surface area (Å²) in [6.07, 6.45) is 2.56.